The minimum atomic E-state index is -3.53. The Labute approximate surface area is 121 Å². The number of aliphatic hydroxyl groups excluding tert-OH is 1. The molecule has 0 saturated heterocycles. The minimum Gasteiger partial charge on any atom is -0.395 e. The Morgan fingerprint density at radius 1 is 1.40 bits per heavy atom. The molecule has 20 heavy (non-hydrogen) atoms. The second-order valence-corrected chi connectivity index (χ2v) is 6.84. The summed E-state index contributed by atoms with van der Waals surface area (Å²) in [6.07, 6.45) is 1.03. The maximum absolute atomic E-state index is 12.3. The molecule has 0 aliphatic heterocycles. The van der Waals surface area contributed by atoms with Crippen molar-refractivity contribution < 1.29 is 13.5 Å². The highest BCUT2D eigenvalue weighted by atomic mass is 32.2. The standard InChI is InChI=1S/C14H24N2O3S/c1-4-8-15-12(2)13-6-5-7-14(11-13)20(18,19)16(3)9-10-17/h5-7,11-12,15,17H,4,8-10H2,1-3H3. The zero-order valence-corrected chi connectivity index (χ0v) is 13.2. The molecule has 0 radical (unpaired) electrons. The zero-order chi connectivity index (χ0) is 15.2. The Balaban J connectivity index is 2.98. The van der Waals surface area contributed by atoms with E-state index in [2.05, 4.69) is 12.2 Å². The molecule has 0 fully saturated rings. The van der Waals surface area contributed by atoms with Crippen LogP contribution in [0, 0.1) is 0 Å². The molecule has 0 aliphatic carbocycles. The average molecular weight is 300 g/mol. The van der Waals surface area contributed by atoms with Crippen molar-refractivity contribution in [2.75, 3.05) is 26.7 Å². The fourth-order valence-corrected chi connectivity index (χ4v) is 3.08. The van der Waals surface area contributed by atoms with Crippen molar-refractivity contribution >= 4 is 10.0 Å². The molecule has 6 heteroatoms. The minimum absolute atomic E-state index is 0.0935. The number of nitrogens with one attached hydrogen (secondary N) is 1. The van der Waals surface area contributed by atoms with Gasteiger partial charge in [0.15, 0.2) is 0 Å². The van der Waals surface area contributed by atoms with E-state index in [9.17, 15) is 8.42 Å². The van der Waals surface area contributed by atoms with E-state index < -0.39 is 10.0 Å². The van der Waals surface area contributed by atoms with E-state index in [0.717, 1.165) is 22.8 Å². The maximum Gasteiger partial charge on any atom is 0.242 e. The topological polar surface area (TPSA) is 69.6 Å². The fourth-order valence-electron chi connectivity index (χ4n) is 1.86. The smallest absolute Gasteiger partial charge is 0.242 e. The Morgan fingerprint density at radius 3 is 2.70 bits per heavy atom. The quantitative estimate of drug-likeness (QED) is 0.760. The van der Waals surface area contributed by atoms with E-state index in [1.54, 1.807) is 18.2 Å². The Kier molecular flexibility index (Phi) is 6.61. The summed E-state index contributed by atoms with van der Waals surface area (Å²) in [7, 11) is -2.06. The molecule has 0 spiro atoms. The summed E-state index contributed by atoms with van der Waals surface area (Å²) in [5.74, 6) is 0. The van der Waals surface area contributed by atoms with Crippen LogP contribution >= 0.6 is 0 Å². The number of rotatable bonds is 8. The fraction of sp³-hybridized carbons (Fsp3) is 0.571. The van der Waals surface area contributed by atoms with Crippen molar-refractivity contribution in [2.24, 2.45) is 0 Å². The monoisotopic (exact) mass is 300 g/mol. The molecule has 0 amide bonds. The van der Waals surface area contributed by atoms with E-state index in [0.29, 0.717) is 0 Å². The van der Waals surface area contributed by atoms with Gasteiger partial charge in [0.05, 0.1) is 11.5 Å². The van der Waals surface area contributed by atoms with Crippen molar-refractivity contribution in [3.05, 3.63) is 29.8 Å². The number of hydrogen-bond donors (Lipinski definition) is 2. The molecule has 0 bridgehead atoms. The molecular weight excluding hydrogens is 276 g/mol. The lowest BCUT2D eigenvalue weighted by Gasteiger charge is -2.18. The van der Waals surface area contributed by atoms with Crippen LogP contribution in [0.1, 0.15) is 31.9 Å². The Morgan fingerprint density at radius 2 is 2.10 bits per heavy atom. The zero-order valence-electron chi connectivity index (χ0n) is 12.3. The molecular formula is C14H24N2O3S. The van der Waals surface area contributed by atoms with Gasteiger partial charge in [0.2, 0.25) is 10.0 Å². The van der Waals surface area contributed by atoms with Crippen molar-refractivity contribution in [2.45, 2.75) is 31.2 Å². The molecule has 1 aromatic carbocycles. The van der Waals surface area contributed by atoms with Gasteiger partial charge in [0.25, 0.3) is 0 Å². The van der Waals surface area contributed by atoms with Crippen LogP contribution in [0.4, 0.5) is 0 Å². The summed E-state index contributed by atoms with van der Waals surface area (Å²) in [6.45, 7) is 4.89. The molecule has 1 aromatic rings. The predicted octanol–water partition coefficient (Wildman–Crippen LogP) is 1.36. The summed E-state index contributed by atoms with van der Waals surface area (Å²) in [6, 6.07) is 7.04. The molecule has 1 atom stereocenters. The van der Waals surface area contributed by atoms with Crippen molar-refractivity contribution in [1.29, 1.82) is 0 Å². The lowest BCUT2D eigenvalue weighted by molar-refractivity contribution is 0.266. The first kappa shape index (κ1) is 17.1. The number of likely N-dealkylation sites (N-methyl/N-ethyl adjacent to an activating group) is 1. The third-order valence-electron chi connectivity index (χ3n) is 3.18. The molecule has 0 heterocycles. The summed E-state index contributed by atoms with van der Waals surface area (Å²) in [5.41, 5.74) is 0.942. The number of sulfonamides is 1. The van der Waals surface area contributed by atoms with E-state index in [1.165, 1.54) is 7.05 Å². The summed E-state index contributed by atoms with van der Waals surface area (Å²) in [4.78, 5) is 0.260. The highest BCUT2D eigenvalue weighted by Crippen LogP contribution is 2.19. The summed E-state index contributed by atoms with van der Waals surface area (Å²) >= 11 is 0. The first-order valence-corrected chi connectivity index (χ1v) is 8.28. The third-order valence-corrected chi connectivity index (χ3v) is 5.03. The molecule has 1 rings (SSSR count). The summed E-state index contributed by atoms with van der Waals surface area (Å²) < 4.78 is 25.8. The van der Waals surface area contributed by atoms with Gasteiger partial charge in [-0.25, -0.2) is 8.42 Å². The van der Waals surface area contributed by atoms with Crippen LogP contribution in [0.2, 0.25) is 0 Å². The first-order valence-electron chi connectivity index (χ1n) is 6.84. The van der Waals surface area contributed by atoms with E-state index >= 15 is 0 Å². The van der Waals surface area contributed by atoms with Crippen molar-refractivity contribution in [1.82, 2.24) is 9.62 Å². The van der Waals surface area contributed by atoms with Gasteiger partial charge in [0, 0.05) is 19.6 Å². The first-order chi connectivity index (χ1) is 9.43. The third kappa shape index (κ3) is 4.28. The van der Waals surface area contributed by atoms with E-state index in [4.69, 9.17) is 5.11 Å². The van der Waals surface area contributed by atoms with Crippen molar-refractivity contribution in [3.8, 4) is 0 Å². The van der Waals surface area contributed by atoms with Gasteiger partial charge in [0.1, 0.15) is 0 Å². The highest BCUT2D eigenvalue weighted by molar-refractivity contribution is 7.89. The second-order valence-electron chi connectivity index (χ2n) is 4.80. The van der Waals surface area contributed by atoms with Crippen LogP contribution in [0.3, 0.4) is 0 Å². The normalized spacial score (nSPS) is 13.7. The van der Waals surface area contributed by atoms with Crippen LogP contribution in [0.15, 0.2) is 29.2 Å². The number of hydrogen-bond acceptors (Lipinski definition) is 4. The van der Waals surface area contributed by atoms with E-state index in [1.807, 2.05) is 13.0 Å². The largest absolute Gasteiger partial charge is 0.395 e. The lowest BCUT2D eigenvalue weighted by Crippen LogP contribution is -2.29. The van der Waals surface area contributed by atoms with Crippen LogP contribution < -0.4 is 5.32 Å². The number of aliphatic hydroxyl groups is 1. The molecule has 0 aromatic heterocycles. The molecule has 1 unspecified atom stereocenters. The molecule has 2 N–H and O–H groups in total. The predicted molar refractivity (Wildman–Crippen MR) is 80.1 cm³/mol. The Hall–Kier alpha value is -0.950. The number of benzene rings is 1. The van der Waals surface area contributed by atoms with E-state index in [-0.39, 0.29) is 24.1 Å². The van der Waals surface area contributed by atoms with Gasteiger partial charge in [-0.05, 0) is 37.6 Å². The molecule has 114 valence electrons. The molecule has 0 saturated carbocycles. The van der Waals surface area contributed by atoms with Gasteiger partial charge in [-0.1, -0.05) is 19.1 Å². The van der Waals surface area contributed by atoms with Gasteiger partial charge in [-0.15, -0.1) is 0 Å². The lowest BCUT2D eigenvalue weighted by atomic mass is 10.1. The highest BCUT2D eigenvalue weighted by Gasteiger charge is 2.20. The van der Waals surface area contributed by atoms with Gasteiger partial charge < -0.3 is 10.4 Å². The van der Waals surface area contributed by atoms with Gasteiger partial charge in [-0.2, -0.15) is 4.31 Å². The van der Waals surface area contributed by atoms with Crippen LogP contribution in [-0.4, -0.2) is 44.6 Å². The van der Waals surface area contributed by atoms with Crippen LogP contribution in [-0.2, 0) is 10.0 Å². The Bertz CT molecular complexity index is 517. The van der Waals surface area contributed by atoms with Gasteiger partial charge in [-0.3, -0.25) is 0 Å². The van der Waals surface area contributed by atoms with Crippen LogP contribution in [0.5, 0.6) is 0 Å². The summed E-state index contributed by atoms with van der Waals surface area (Å²) in [5, 5.41) is 12.2. The van der Waals surface area contributed by atoms with Crippen molar-refractivity contribution in [3.63, 3.8) is 0 Å². The van der Waals surface area contributed by atoms with Gasteiger partial charge >= 0.3 is 0 Å². The molecule has 5 nitrogen and oxygen atoms in total. The second kappa shape index (κ2) is 7.73. The number of nitrogens with zero attached hydrogens (tertiary/aromatic N) is 1. The maximum atomic E-state index is 12.3. The SMILES string of the molecule is CCCNC(C)c1cccc(S(=O)(=O)N(C)CCO)c1. The van der Waals surface area contributed by atoms with Crippen LogP contribution in [0.25, 0.3) is 0 Å². The molecule has 0 aliphatic rings. The average Bonchev–Trinajstić information content (AvgIpc) is 2.45.